The second kappa shape index (κ2) is 7.40. The van der Waals surface area contributed by atoms with Gasteiger partial charge in [0.05, 0.1) is 12.1 Å². The number of amides is 1. The molecule has 1 atom stereocenters. The fourth-order valence-electron chi connectivity index (χ4n) is 2.57. The molecule has 0 aromatic heterocycles. The van der Waals surface area contributed by atoms with Crippen LogP contribution in [-0.4, -0.2) is 23.5 Å². The van der Waals surface area contributed by atoms with Gasteiger partial charge in [0.2, 0.25) is 5.79 Å². The summed E-state index contributed by atoms with van der Waals surface area (Å²) in [6.07, 6.45) is 1.09. The summed E-state index contributed by atoms with van der Waals surface area (Å²) in [4.78, 5) is 24.0. The van der Waals surface area contributed by atoms with E-state index in [0.717, 1.165) is 11.1 Å². The number of nitrogens with one attached hydrogen (secondary N) is 1. The maximum atomic E-state index is 12.3. The number of ether oxygens (including phenoxy) is 3. The van der Waals surface area contributed by atoms with E-state index in [-0.39, 0.29) is 0 Å². The highest BCUT2D eigenvalue weighted by molar-refractivity contribution is 5.83. The number of hydrogen-bond donors (Lipinski definition) is 1. The van der Waals surface area contributed by atoms with E-state index < -0.39 is 29.5 Å². The molecule has 26 heavy (non-hydrogen) atoms. The summed E-state index contributed by atoms with van der Waals surface area (Å²) in [6.45, 7) is 10.7. The van der Waals surface area contributed by atoms with Gasteiger partial charge in [-0.2, -0.15) is 0 Å². The van der Waals surface area contributed by atoms with Crippen molar-refractivity contribution in [2.45, 2.75) is 65.4 Å². The monoisotopic (exact) mass is 361 g/mol. The first kappa shape index (κ1) is 19.8. The molecule has 1 aromatic rings. The summed E-state index contributed by atoms with van der Waals surface area (Å²) >= 11 is 0. The van der Waals surface area contributed by atoms with Crippen LogP contribution in [0.3, 0.4) is 0 Å². The molecule has 1 aromatic carbocycles. The standard InChI is InChI=1S/C20H27NO5/c1-13-7-9-14(10-8-13)16(21-18(23)26-19(2,3)4)11-15-12-17(22)25-20(5,6)24-15/h7-10,12,16H,11H2,1-6H3,(H,21,23)/t16-/m1/s1. The van der Waals surface area contributed by atoms with E-state index in [1.807, 2.05) is 31.2 Å². The number of benzene rings is 1. The number of alkyl carbamates (subject to hydrolysis) is 1. The van der Waals surface area contributed by atoms with Gasteiger partial charge >= 0.3 is 12.1 Å². The lowest BCUT2D eigenvalue weighted by Gasteiger charge is -2.32. The molecule has 6 nitrogen and oxygen atoms in total. The third-order valence-electron chi connectivity index (χ3n) is 3.58. The highest BCUT2D eigenvalue weighted by Crippen LogP contribution is 2.29. The minimum Gasteiger partial charge on any atom is -0.457 e. The van der Waals surface area contributed by atoms with Gasteiger partial charge in [0.1, 0.15) is 11.4 Å². The number of cyclic esters (lactones) is 1. The van der Waals surface area contributed by atoms with Crippen LogP contribution in [0.2, 0.25) is 0 Å². The summed E-state index contributed by atoms with van der Waals surface area (Å²) in [5.41, 5.74) is 1.40. The second-order valence-corrected chi connectivity index (χ2v) is 7.85. The summed E-state index contributed by atoms with van der Waals surface area (Å²) in [6, 6.07) is 7.40. The lowest BCUT2D eigenvalue weighted by atomic mass is 10.0. The van der Waals surface area contributed by atoms with Crippen molar-refractivity contribution in [1.82, 2.24) is 5.32 Å². The van der Waals surface area contributed by atoms with E-state index >= 15 is 0 Å². The molecule has 0 saturated heterocycles. The fraction of sp³-hybridized carbons (Fsp3) is 0.500. The molecule has 0 fully saturated rings. The van der Waals surface area contributed by atoms with Crippen molar-refractivity contribution in [3.8, 4) is 0 Å². The Morgan fingerprint density at radius 1 is 1.19 bits per heavy atom. The fourth-order valence-corrected chi connectivity index (χ4v) is 2.57. The number of rotatable bonds is 4. The molecule has 1 aliphatic rings. The maximum Gasteiger partial charge on any atom is 0.408 e. The van der Waals surface area contributed by atoms with Gasteiger partial charge in [-0.1, -0.05) is 29.8 Å². The van der Waals surface area contributed by atoms with Gasteiger partial charge in [-0.15, -0.1) is 0 Å². The minimum absolute atomic E-state index is 0.306. The van der Waals surface area contributed by atoms with Crippen molar-refractivity contribution >= 4 is 12.1 Å². The normalized spacial score (nSPS) is 17.5. The number of hydrogen-bond acceptors (Lipinski definition) is 5. The molecule has 0 aliphatic carbocycles. The molecule has 1 aliphatic heterocycles. The predicted molar refractivity (Wildman–Crippen MR) is 97.2 cm³/mol. The second-order valence-electron chi connectivity index (χ2n) is 7.85. The first-order valence-corrected chi connectivity index (χ1v) is 8.62. The molecule has 0 saturated carbocycles. The minimum atomic E-state index is -1.04. The van der Waals surface area contributed by atoms with Crippen LogP contribution in [0, 0.1) is 6.92 Å². The van der Waals surface area contributed by atoms with Gasteiger partial charge in [0.15, 0.2) is 0 Å². The number of esters is 1. The molecule has 0 spiro atoms. The molecule has 1 amide bonds. The van der Waals surface area contributed by atoms with E-state index in [1.54, 1.807) is 34.6 Å². The van der Waals surface area contributed by atoms with Crippen molar-refractivity contribution in [1.29, 1.82) is 0 Å². The highest BCUT2D eigenvalue weighted by atomic mass is 16.7. The zero-order valence-corrected chi connectivity index (χ0v) is 16.2. The van der Waals surface area contributed by atoms with Crippen molar-refractivity contribution in [3.05, 3.63) is 47.2 Å². The van der Waals surface area contributed by atoms with Crippen LogP contribution in [0.5, 0.6) is 0 Å². The van der Waals surface area contributed by atoms with E-state index in [0.29, 0.717) is 12.2 Å². The van der Waals surface area contributed by atoms with Gasteiger partial charge in [0.25, 0.3) is 0 Å². The van der Waals surface area contributed by atoms with Gasteiger partial charge in [-0.05, 0) is 33.3 Å². The maximum absolute atomic E-state index is 12.3. The van der Waals surface area contributed by atoms with Crippen LogP contribution >= 0.6 is 0 Å². The topological polar surface area (TPSA) is 73.9 Å². The summed E-state index contributed by atoms with van der Waals surface area (Å²) in [5, 5.41) is 2.86. The van der Waals surface area contributed by atoms with E-state index in [2.05, 4.69) is 5.32 Å². The molecule has 1 heterocycles. The number of carbonyl (C=O) groups is 2. The zero-order valence-electron chi connectivity index (χ0n) is 16.2. The molecular formula is C20H27NO5. The molecular weight excluding hydrogens is 334 g/mol. The number of aryl methyl sites for hydroxylation is 1. The van der Waals surface area contributed by atoms with Crippen LogP contribution in [0.4, 0.5) is 4.79 Å². The quantitative estimate of drug-likeness (QED) is 0.816. The Balaban J connectivity index is 2.22. The molecule has 6 heteroatoms. The highest BCUT2D eigenvalue weighted by Gasteiger charge is 2.32. The molecule has 0 bridgehead atoms. The van der Waals surface area contributed by atoms with Crippen molar-refractivity contribution in [3.63, 3.8) is 0 Å². The van der Waals surface area contributed by atoms with Crippen molar-refractivity contribution < 1.29 is 23.8 Å². The Kier molecular flexibility index (Phi) is 5.64. The van der Waals surface area contributed by atoms with Crippen LogP contribution in [0.1, 0.15) is 58.2 Å². The van der Waals surface area contributed by atoms with Gasteiger partial charge < -0.3 is 19.5 Å². The van der Waals surface area contributed by atoms with Gasteiger partial charge in [0, 0.05) is 20.3 Å². The lowest BCUT2D eigenvalue weighted by Crippen LogP contribution is -2.37. The zero-order chi connectivity index (χ0) is 19.5. The first-order chi connectivity index (χ1) is 11.9. The Labute approximate surface area is 154 Å². The van der Waals surface area contributed by atoms with Crippen LogP contribution in [0.25, 0.3) is 0 Å². The Bertz CT molecular complexity index is 698. The molecule has 0 unspecified atom stereocenters. The van der Waals surface area contributed by atoms with E-state index in [1.165, 1.54) is 6.08 Å². The summed E-state index contributed by atoms with van der Waals surface area (Å²) < 4.78 is 16.2. The number of carbonyl (C=O) groups excluding carboxylic acids is 2. The van der Waals surface area contributed by atoms with Gasteiger partial charge in [-0.3, -0.25) is 0 Å². The summed E-state index contributed by atoms with van der Waals surface area (Å²) in [5.74, 6) is -1.05. The Morgan fingerprint density at radius 2 is 1.81 bits per heavy atom. The average Bonchev–Trinajstić information content (AvgIpc) is 2.43. The van der Waals surface area contributed by atoms with Crippen molar-refractivity contribution in [2.75, 3.05) is 0 Å². The lowest BCUT2D eigenvalue weighted by molar-refractivity contribution is -0.206. The molecule has 0 radical (unpaired) electrons. The molecule has 1 N–H and O–H groups in total. The van der Waals surface area contributed by atoms with Crippen LogP contribution in [-0.2, 0) is 19.0 Å². The van der Waals surface area contributed by atoms with Crippen molar-refractivity contribution in [2.24, 2.45) is 0 Å². The largest absolute Gasteiger partial charge is 0.457 e. The Morgan fingerprint density at radius 3 is 2.35 bits per heavy atom. The van der Waals surface area contributed by atoms with Crippen LogP contribution < -0.4 is 5.32 Å². The Hall–Kier alpha value is -2.50. The third kappa shape index (κ3) is 6.10. The SMILES string of the molecule is Cc1ccc([C@@H](CC2=CC(=O)OC(C)(C)O2)NC(=O)OC(C)(C)C)cc1. The third-order valence-corrected chi connectivity index (χ3v) is 3.58. The molecule has 2 rings (SSSR count). The smallest absolute Gasteiger partial charge is 0.408 e. The van der Waals surface area contributed by atoms with Crippen LogP contribution in [0.15, 0.2) is 36.1 Å². The average molecular weight is 361 g/mol. The molecule has 142 valence electrons. The first-order valence-electron chi connectivity index (χ1n) is 8.62. The summed E-state index contributed by atoms with van der Waals surface area (Å²) in [7, 11) is 0. The van der Waals surface area contributed by atoms with E-state index in [9.17, 15) is 9.59 Å². The van der Waals surface area contributed by atoms with Gasteiger partial charge in [-0.25, -0.2) is 9.59 Å². The van der Waals surface area contributed by atoms with E-state index in [4.69, 9.17) is 14.2 Å². The predicted octanol–water partition coefficient (Wildman–Crippen LogP) is 4.14.